The second kappa shape index (κ2) is 9.69. The molecule has 0 spiro atoms. The Bertz CT molecular complexity index is 771. The van der Waals surface area contributed by atoms with Gasteiger partial charge >= 0.3 is 0 Å². The Balaban J connectivity index is 1.54. The summed E-state index contributed by atoms with van der Waals surface area (Å²) in [7, 11) is -3.50. The fourth-order valence-electron chi connectivity index (χ4n) is 4.02. The molecule has 1 aliphatic heterocycles. The van der Waals surface area contributed by atoms with Gasteiger partial charge in [0.15, 0.2) is 0 Å². The molecule has 1 amide bonds. The fraction of sp³-hybridized carbons (Fsp3) is 0.650. The minimum Gasteiger partial charge on any atom is -0.352 e. The number of rotatable bonds is 5. The van der Waals surface area contributed by atoms with Crippen LogP contribution in [0, 0.1) is 0 Å². The quantitative estimate of drug-likeness (QED) is 0.670. The second-order valence-corrected chi connectivity index (χ2v) is 10.6. The number of nitrogens with one attached hydrogen (secondary N) is 1. The number of piperazine rings is 1. The summed E-state index contributed by atoms with van der Waals surface area (Å²) in [6.45, 7) is 3.84. The first kappa shape index (κ1) is 21.7. The average Bonchev–Trinajstić information content (AvgIpc) is 2.96. The van der Waals surface area contributed by atoms with Crippen molar-refractivity contribution in [3.8, 4) is 0 Å². The lowest BCUT2D eigenvalue weighted by Gasteiger charge is -2.37. The maximum atomic E-state index is 12.9. The molecule has 0 bridgehead atoms. The predicted octanol–water partition coefficient (Wildman–Crippen LogP) is 2.98. The lowest BCUT2D eigenvalue weighted by Crippen LogP contribution is -2.55. The number of carbonyl (C=O) groups is 1. The highest BCUT2D eigenvalue weighted by Crippen LogP contribution is 2.22. The first-order chi connectivity index (χ1) is 13.4. The third-order valence-electron chi connectivity index (χ3n) is 5.84. The number of sulfonamides is 1. The minimum absolute atomic E-state index is 0.0650. The standard InChI is InChI=1S/C20H30BrN3O3S/c1-16(20(25)22-18-8-4-2-3-5-9-18)23-11-13-24(14-12-23)28(26,27)19-10-6-7-17(21)15-19/h6-7,10,15-16,18H,2-5,8-9,11-14H2,1H3,(H,22,25)/t16-/m0/s1. The first-order valence-corrected chi connectivity index (χ1v) is 12.4. The van der Waals surface area contributed by atoms with Gasteiger partial charge in [-0.1, -0.05) is 47.7 Å². The summed E-state index contributed by atoms with van der Waals surface area (Å²) in [4.78, 5) is 15.1. The fourth-order valence-corrected chi connectivity index (χ4v) is 6.04. The van der Waals surface area contributed by atoms with Crippen LogP contribution in [0.3, 0.4) is 0 Å². The van der Waals surface area contributed by atoms with Crippen molar-refractivity contribution in [3.05, 3.63) is 28.7 Å². The number of carbonyl (C=O) groups excluding carboxylic acids is 1. The minimum atomic E-state index is -3.50. The van der Waals surface area contributed by atoms with E-state index >= 15 is 0 Å². The zero-order chi connectivity index (χ0) is 20.1. The monoisotopic (exact) mass is 471 g/mol. The normalized spacial score (nSPS) is 21.8. The number of halogens is 1. The molecule has 0 radical (unpaired) electrons. The van der Waals surface area contributed by atoms with Crippen LogP contribution in [0.5, 0.6) is 0 Å². The van der Waals surface area contributed by atoms with E-state index in [1.165, 1.54) is 30.0 Å². The summed E-state index contributed by atoms with van der Waals surface area (Å²) in [6, 6.07) is 6.84. The molecular formula is C20H30BrN3O3S. The molecule has 0 aromatic heterocycles. The summed E-state index contributed by atoms with van der Waals surface area (Å²) in [5, 5.41) is 3.21. The molecule has 1 atom stereocenters. The molecule has 1 aliphatic carbocycles. The predicted molar refractivity (Wildman–Crippen MR) is 114 cm³/mol. The molecule has 28 heavy (non-hydrogen) atoms. The molecule has 156 valence electrons. The number of amides is 1. The van der Waals surface area contributed by atoms with E-state index in [4.69, 9.17) is 0 Å². The molecular weight excluding hydrogens is 442 g/mol. The number of nitrogens with zero attached hydrogens (tertiary/aromatic N) is 2. The highest BCUT2D eigenvalue weighted by atomic mass is 79.9. The maximum Gasteiger partial charge on any atom is 0.243 e. The van der Waals surface area contributed by atoms with Crippen LogP contribution in [0.1, 0.15) is 45.4 Å². The van der Waals surface area contributed by atoms with Crippen LogP contribution >= 0.6 is 15.9 Å². The van der Waals surface area contributed by atoms with Crippen LogP contribution < -0.4 is 5.32 Å². The molecule has 1 saturated heterocycles. The molecule has 3 rings (SSSR count). The second-order valence-electron chi connectivity index (χ2n) is 7.77. The van der Waals surface area contributed by atoms with Gasteiger partial charge in [0.1, 0.15) is 0 Å². The van der Waals surface area contributed by atoms with Crippen molar-refractivity contribution in [1.29, 1.82) is 0 Å². The van der Waals surface area contributed by atoms with Gasteiger partial charge in [-0.3, -0.25) is 9.69 Å². The topological polar surface area (TPSA) is 69.7 Å². The zero-order valence-electron chi connectivity index (χ0n) is 16.4. The van der Waals surface area contributed by atoms with Crippen LogP contribution in [-0.2, 0) is 14.8 Å². The molecule has 2 aliphatic rings. The molecule has 8 heteroatoms. The summed E-state index contributed by atoms with van der Waals surface area (Å²) >= 11 is 3.33. The van der Waals surface area contributed by atoms with E-state index in [0.717, 1.165) is 17.3 Å². The van der Waals surface area contributed by atoms with E-state index in [9.17, 15) is 13.2 Å². The smallest absolute Gasteiger partial charge is 0.243 e. The van der Waals surface area contributed by atoms with Gasteiger partial charge < -0.3 is 5.32 Å². The van der Waals surface area contributed by atoms with Crippen molar-refractivity contribution >= 4 is 31.9 Å². The summed E-state index contributed by atoms with van der Waals surface area (Å²) in [6.07, 6.45) is 7.03. The highest BCUT2D eigenvalue weighted by molar-refractivity contribution is 9.10. The van der Waals surface area contributed by atoms with Crippen molar-refractivity contribution in [1.82, 2.24) is 14.5 Å². The van der Waals surface area contributed by atoms with Crippen LogP contribution in [0.2, 0.25) is 0 Å². The summed E-state index contributed by atoms with van der Waals surface area (Å²) in [5.74, 6) is 0.0650. The molecule has 1 aromatic rings. The molecule has 0 unspecified atom stereocenters. The van der Waals surface area contributed by atoms with E-state index in [0.29, 0.717) is 31.1 Å². The highest BCUT2D eigenvalue weighted by Gasteiger charge is 2.32. The number of hydrogen-bond donors (Lipinski definition) is 1. The molecule has 2 fully saturated rings. The zero-order valence-corrected chi connectivity index (χ0v) is 18.8. The molecule has 1 aromatic carbocycles. The van der Waals surface area contributed by atoms with E-state index in [1.807, 2.05) is 13.0 Å². The number of benzene rings is 1. The molecule has 6 nitrogen and oxygen atoms in total. The van der Waals surface area contributed by atoms with E-state index < -0.39 is 10.0 Å². The third-order valence-corrected chi connectivity index (χ3v) is 8.22. The molecule has 1 saturated carbocycles. The Hall–Kier alpha value is -0.960. The van der Waals surface area contributed by atoms with E-state index in [-0.39, 0.29) is 18.0 Å². The van der Waals surface area contributed by atoms with Crippen LogP contribution in [-0.4, -0.2) is 61.8 Å². The molecule has 1 heterocycles. The lowest BCUT2D eigenvalue weighted by molar-refractivity contribution is -0.127. The largest absolute Gasteiger partial charge is 0.352 e. The SMILES string of the molecule is C[C@@H](C(=O)NC1CCCCCC1)N1CCN(S(=O)(=O)c2cccc(Br)c2)CC1. The van der Waals surface area contributed by atoms with Crippen LogP contribution in [0.4, 0.5) is 0 Å². The van der Waals surface area contributed by atoms with Crippen molar-refractivity contribution in [3.63, 3.8) is 0 Å². The van der Waals surface area contributed by atoms with Gasteiger partial charge in [-0.05, 0) is 38.0 Å². The molecule has 1 N–H and O–H groups in total. The summed E-state index contributed by atoms with van der Waals surface area (Å²) in [5.41, 5.74) is 0. The Labute approximate surface area is 176 Å². The van der Waals surface area contributed by atoms with Gasteiger partial charge in [0.2, 0.25) is 15.9 Å². The van der Waals surface area contributed by atoms with Gasteiger partial charge in [0.25, 0.3) is 0 Å². The van der Waals surface area contributed by atoms with Crippen molar-refractivity contribution < 1.29 is 13.2 Å². The Morgan fingerprint density at radius 2 is 1.75 bits per heavy atom. The van der Waals surface area contributed by atoms with Crippen molar-refractivity contribution in [2.45, 2.75) is 62.4 Å². The van der Waals surface area contributed by atoms with Gasteiger partial charge in [0.05, 0.1) is 10.9 Å². The van der Waals surface area contributed by atoms with Gasteiger partial charge in [0, 0.05) is 36.7 Å². The Morgan fingerprint density at radius 3 is 2.36 bits per heavy atom. The third kappa shape index (κ3) is 5.34. The van der Waals surface area contributed by atoms with Crippen LogP contribution in [0.15, 0.2) is 33.6 Å². The maximum absolute atomic E-state index is 12.9. The van der Waals surface area contributed by atoms with Gasteiger partial charge in [-0.15, -0.1) is 0 Å². The summed E-state index contributed by atoms with van der Waals surface area (Å²) < 4.78 is 28.0. The average molecular weight is 472 g/mol. The van der Waals surface area contributed by atoms with Crippen LogP contribution in [0.25, 0.3) is 0 Å². The van der Waals surface area contributed by atoms with Gasteiger partial charge in [-0.25, -0.2) is 8.42 Å². The van der Waals surface area contributed by atoms with Crippen molar-refractivity contribution in [2.24, 2.45) is 0 Å². The van der Waals surface area contributed by atoms with E-state index in [1.54, 1.807) is 18.2 Å². The van der Waals surface area contributed by atoms with Gasteiger partial charge in [-0.2, -0.15) is 4.31 Å². The van der Waals surface area contributed by atoms with E-state index in [2.05, 4.69) is 26.1 Å². The number of hydrogen-bond acceptors (Lipinski definition) is 4. The lowest BCUT2D eigenvalue weighted by atomic mass is 10.1. The Kier molecular flexibility index (Phi) is 7.53. The first-order valence-electron chi connectivity index (χ1n) is 10.2. The van der Waals surface area contributed by atoms with Crippen molar-refractivity contribution in [2.75, 3.05) is 26.2 Å². The Morgan fingerprint density at radius 1 is 1.11 bits per heavy atom.